The van der Waals surface area contributed by atoms with Crippen LogP contribution < -0.4 is 10.6 Å². The van der Waals surface area contributed by atoms with E-state index in [1.54, 1.807) is 0 Å². The minimum atomic E-state index is -0.886. The van der Waals surface area contributed by atoms with Crippen molar-refractivity contribution >= 4 is 18.0 Å². The van der Waals surface area contributed by atoms with Gasteiger partial charge in [0.1, 0.15) is 12.6 Å². The first-order valence-electron chi connectivity index (χ1n) is 12.2. The number of hydrogen-bond acceptors (Lipinski definition) is 5. The number of hydrogen-bond donors (Lipinski definition) is 3. The predicted molar refractivity (Wildman–Crippen MR) is 128 cm³/mol. The molecule has 184 valence electrons. The van der Waals surface area contributed by atoms with Gasteiger partial charge in [-0.05, 0) is 47.4 Å². The summed E-state index contributed by atoms with van der Waals surface area (Å²) in [4.78, 5) is 36.8. The average molecular weight is 479 g/mol. The molecule has 0 radical (unpaired) electrons. The Morgan fingerprint density at radius 2 is 1.69 bits per heavy atom. The molecule has 3 unspecified atom stereocenters. The Bertz CT molecular complexity index is 1070. The van der Waals surface area contributed by atoms with Crippen molar-refractivity contribution in [1.82, 2.24) is 10.6 Å². The predicted octanol–water partition coefficient (Wildman–Crippen LogP) is 3.30. The van der Waals surface area contributed by atoms with Crippen LogP contribution in [0.3, 0.4) is 0 Å². The summed E-state index contributed by atoms with van der Waals surface area (Å²) in [5.74, 6) is -1.70. The molecule has 2 amide bonds. The Morgan fingerprint density at radius 1 is 1.03 bits per heavy atom. The fourth-order valence-corrected chi connectivity index (χ4v) is 5.28. The zero-order chi connectivity index (χ0) is 24.4. The summed E-state index contributed by atoms with van der Waals surface area (Å²) in [5.41, 5.74) is 4.57. The lowest BCUT2D eigenvalue weighted by atomic mass is 9.79. The molecule has 1 saturated carbocycles. The van der Waals surface area contributed by atoms with E-state index in [4.69, 9.17) is 14.6 Å². The quantitative estimate of drug-likeness (QED) is 0.537. The van der Waals surface area contributed by atoms with Gasteiger partial charge >= 0.3 is 12.1 Å². The van der Waals surface area contributed by atoms with E-state index in [0.717, 1.165) is 41.5 Å². The van der Waals surface area contributed by atoms with Crippen LogP contribution >= 0.6 is 0 Å². The third-order valence-electron chi connectivity index (χ3n) is 7.45. The van der Waals surface area contributed by atoms with Gasteiger partial charge in [0.2, 0.25) is 5.91 Å². The van der Waals surface area contributed by atoms with Crippen molar-refractivity contribution in [3.63, 3.8) is 0 Å². The maximum Gasteiger partial charge on any atom is 0.407 e. The summed E-state index contributed by atoms with van der Waals surface area (Å²) in [5, 5.41) is 14.7. The number of benzene rings is 2. The lowest BCUT2D eigenvalue weighted by molar-refractivity contribution is -0.141. The molecule has 2 aromatic carbocycles. The molecular formula is C27H30N2O6. The minimum absolute atomic E-state index is 0.0502. The summed E-state index contributed by atoms with van der Waals surface area (Å²) in [6.45, 7) is 0.559. The molecule has 0 spiro atoms. The van der Waals surface area contributed by atoms with Crippen LogP contribution in [0.1, 0.15) is 42.7 Å². The molecular weight excluding hydrogens is 448 g/mol. The van der Waals surface area contributed by atoms with E-state index >= 15 is 0 Å². The second kappa shape index (κ2) is 10.1. The molecule has 1 aliphatic heterocycles. The number of carbonyl (C=O) groups excluding carboxylic acids is 2. The molecule has 2 aliphatic carbocycles. The van der Waals surface area contributed by atoms with Gasteiger partial charge in [-0.15, -0.1) is 0 Å². The van der Waals surface area contributed by atoms with Crippen molar-refractivity contribution in [1.29, 1.82) is 0 Å². The highest BCUT2D eigenvalue weighted by Gasteiger charge is 2.36. The number of carbonyl (C=O) groups is 3. The Kier molecular flexibility index (Phi) is 6.72. The number of aliphatic carboxylic acids is 1. The van der Waals surface area contributed by atoms with Crippen molar-refractivity contribution in [2.24, 2.45) is 11.8 Å². The number of ether oxygens (including phenoxy) is 2. The highest BCUT2D eigenvalue weighted by molar-refractivity contribution is 5.86. The van der Waals surface area contributed by atoms with Gasteiger partial charge in [-0.25, -0.2) is 4.79 Å². The maximum absolute atomic E-state index is 12.9. The molecule has 35 heavy (non-hydrogen) atoms. The zero-order valence-electron chi connectivity index (χ0n) is 19.4. The number of rotatable bonds is 8. The first-order valence-corrected chi connectivity index (χ1v) is 12.2. The highest BCUT2D eigenvalue weighted by atomic mass is 16.5. The van der Waals surface area contributed by atoms with E-state index < -0.39 is 24.0 Å². The molecule has 1 heterocycles. The molecule has 0 aromatic heterocycles. The number of nitrogens with one attached hydrogen (secondary N) is 2. The van der Waals surface area contributed by atoms with Gasteiger partial charge in [0, 0.05) is 12.5 Å². The SMILES string of the molecule is O=C(NC(C(=O)NCC1CC(C(=O)O)CO1)C1CCC1)OCC1c2ccccc2-c2ccccc21. The summed E-state index contributed by atoms with van der Waals surface area (Å²) in [7, 11) is 0. The highest BCUT2D eigenvalue weighted by Crippen LogP contribution is 2.44. The number of fused-ring (bicyclic) bond motifs is 3. The van der Waals surface area contributed by atoms with Crippen LogP contribution in [0, 0.1) is 11.8 Å². The first kappa shape index (κ1) is 23.4. The molecule has 0 bridgehead atoms. The maximum atomic E-state index is 12.9. The standard InChI is InChI=1S/C27H30N2O6/c30-25(28-13-18-12-17(14-34-18)26(31)32)24(16-6-5-7-16)29-27(33)35-15-23-21-10-3-1-8-19(21)20-9-2-4-11-22(20)23/h1-4,8-11,16-18,23-24H,5-7,12-15H2,(H,28,30)(H,29,33)(H,31,32). The largest absolute Gasteiger partial charge is 0.481 e. The second-order valence-electron chi connectivity index (χ2n) is 9.61. The van der Waals surface area contributed by atoms with Crippen LogP contribution in [0.15, 0.2) is 48.5 Å². The fourth-order valence-electron chi connectivity index (χ4n) is 5.28. The number of carboxylic acid groups (broad SMARTS) is 1. The van der Waals surface area contributed by atoms with E-state index in [-0.39, 0.29) is 43.6 Å². The van der Waals surface area contributed by atoms with E-state index in [0.29, 0.717) is 6.42 Å². The summed E-state index contributed by atoms with van der Waals surface area (Å²) in [6.07, 6.45) is 2.17. The third kappa shape index (κ3) is 4.89. The van der Waals surface area contributed by atoms with Crippen molar-refractivity contribution in [3.8, 4) is 11.1 Å². The van der Waals surface area contributed by atoms with Gasteiger partial charge < -0.3 is 25.2 Å². The number of alkyl carbamates (subject to hydrolysis) is 1. The molecule has 3 N–H and O–H groups in total. The Hall–Kier alpha value is -3.39. The topological polar surface area (TPSA) is 114 Å². The van der Waals surface area contributed by atoms with Crippen molar-refractivity contribution < 1.29 is 29.0 Å². The summed E-state index contributed by atoms with van der Waals surface area (Å²) < 4.78 is 11.1. The van der Waals surface area contributed by atoms with Gasteiger partial charge in [-0.2, -0.15) is 0 Å². The fraction of sp³-hybridized carbons (Fsp3) is 0.444. The monoisotopic (exact) mass is 478 g/mol. The third-order valence-corrected chi connectivity index (χ3v) is 7.45. The van der Waals surface area contributed by atoms with E-state index in [2.05, 4.69) is 34.9 Å². The summed E-state index contributed by atoms with van der Waals surface area (Å²) >= 11 is 0. The smallest absolute Gasteiger partial charge is 0.407 e. The number of carboxylic acids is 1. The van der Waals surface area contributed by atoms with Crippen LogP contribution in [0.2, 0.25) is 0 Å². The van der Waals surface area contributed by atoms with Crippen LogP contribution in [-0.4, -0.2) is 55.0 Å². The van der Waals surface area contributed by atoms with Crippen LogP contribution in [0.4, 0.5) is 4.79 Å². The van der Waals surface area contributed by atoms with E-state index in [1.165, 1.54) is 0 Å². The molecule has 1 saturated heterocycles. The average Bonchev–Trinajstić information content (AvgIpc) is 3.43. The van der Waals surface area contributed by atoms with Crippen molar-refractivity contribution in [2.45, 2.75) is 43.7 Å². The molecule has 8 heteroatoms. The van der Waals surface area contributed by atoms with Crippen LogP contribution in [0.25, 0.3) is 11.1 Å². The molecule has 5 rings (SSSR count). The normalized spacial score (nSPS) is 21.9. The van der Waals surface area contributed by atoms with Gasteiger partial charge in [-0.1, -0.05) is 55.0 Å². The van der Waals surface area contributed by atoms with Crippen molar-refractivity contribution in [3.05, 3.63) is 59.7 Å². The van der Waals surface area contributed by atoms with Gasteiger partial charge in [0.15, 0.2) is 0 Å². The lowest BCUT2D eigenvalue weighted by Gasteiger charge is -2.33. The van der Waals surface area contributed by atoms with Gasteiger partial charge in [0.05, 0.1) is 18.6 Å². The van der Waals surface area contributed by atoms with Crippen LogP contribution in [0.5, 0.6) is 0 Å². The molecule has 2 aromatic rings. The number of amides is 2. The zero-order valence-corrected chi connectivity index (χ0v) is 19.4. The molecule has 8 nitrogen and oxygen atoms in total. The van der Waals surface area contributed by atoms with E-state index in [9.17, 15) is 14.4 Å². The van der Waals surface area contributed by atoms with Crippen molar-refractivity contribution in [2.75, 3.05) is 19.8 Å². The summed E-state index contributed by atoms with van der Waals surface area (Å²) in [6, 6.07) is 15.6. The lowest BCUT2D eigenvalue weighted by Crippen LogP contribution is -2.53. The van der Waals surface area contributed by atoms with Gasteiger partial charge in [0.25, 0.3) is 0 Å². The molecule has 3 aliphatic rings. The molecule has 2 fully saturated rings. The molecule has 3 atom stereocenters. The first-order chi connectivity index (χ1) is 17.0. The minimum Gasteiger partial charge on any atom is -0.481 e. The van der Waals surface area contributed by atoms with E-state index in [1.807, 2.05) is 24.3 Å². The van der Waals surface area contributed by atoms with Gasteiger partial charge in [-0.3, -0.25) is 9.59 Å². The Labute approximate surface area is 204 Å². The Morgan fingerprint density at radius 3 is 2.26 bits per heavy atom. The Balaban J connectivity index is 1.18. The van der Waals surface area contributed by atoms with Crippen LogP contribution in [-0.2, 0) is 19.1 Å². The second-order valence-corrected chi connectivity index (χ2v) is 9.61.